The summed E-state index contributed by atoms with van der Waals surface area (Å²) in [6.07, 6.45) is 1.68. The summed E-state index contributed by atoms with van der Waals surface area (Å²) in [5, 5.41) is 0. The molecule has 0 aromatic carbocycles. The van der Waals surface area contributed by atoms with Gasteiger partial charge in [-0.3, -0.25) is 0 Å². The average molecular weight is 181 g/mol. The van der Waals surface area contributed by atoms with Gasteiger partial charge in [0.05, 0.1) is 6.61 Å². The Morgan fingerprint density at radius 1 is 1.62 bits per heavy atom. The third kappa shape index (κ3) is 2.40. The average Bonchev–Trinajstić information content (AvgIpc) is 2.18. The van der Waals surface area contributed by atoms with Crippen molar-refractivity contribution in [3.05, 3.63) is 23.9 Å². The van der Waals surface area contributed by atoms with Crippen LogP contribution in [0.4, 0.5) is 0 Å². The van der Waals surface area contributed by atoms with Gasteiger partial charge in [0.25, 0.3) is 0 Å². The summed E-state index contributed by atoms with van der Waals surface area (Å²) in [5.41, 5.74) is 12.1. The van der Waals surface area contributed by atoms with Gasteiger partial charge in [0.15, 0.2) is 0 Å². The van der Waals surface area contributed by atoms with Gasteiger partial charge in [-0.2, -0.15) is 0 Å². The molecule has 0 radical (unpaired) electrons. The second-order valence-corrected chi connectivity index (χ2v) is 2.67. The van der Waals surface area contributed by atoms with Crippen LogP contribution < -0.4 is 16.2 Å². The zero-order valence-electron chi connectivity index (χ0n) is 7.73. The van der Waals surface area contributed by atoms with Crippen LogP contribution in [0.2, 0.25) is 0 Å². The minimum Gasteiger partial charge on any atom is -0.478 e. The quantitative estimate of drug-likeness (QED) is 0.706. The molecule has 0 aliphatic heterocycles. The van der Waals surface area contributed by atoms with Gasteiger partial charge >= 0.3 is 0 Å². The number of nitrogens with zero attached hydrogens (tertiary/aromatic N) is 1. The fraction of sp³-hybridized carbons (Fsp3) is 0.444. The SMILES string of the molecule is CCOc1ncccc1C(N)CN. The molecule has 1 atom stereocenters. The Kier molecular flexibility index (Phi) is 3.67. The van der Waals surface area contributed by atoms with Gasteiger partial charge in [-0.05, 0) is 13.0 Å². The normalized spacial score (nSPS) is 12.5. The van der Waals surface area contributed by atoms with Crippen molar-refractivity contribution in [2.75, 3.05) is 13.2 Å². The lowest BCUT2D eigenvalue weighted by atomic mass is 10.1. The van der Waals surface area contributed by atoms with E-state index in [1.165, 1.54) is 0 Å². The van der Waals surface area contributed by atoms with Crippen molar-refractivity contribution in [3.63, 3.8) is 0 Å². The maximum Gasteiger partial charge on any atom is 0.218 e. The Balaban J connectivity index is 2.90. The highest BCUT2D eigenvalue weighted by Crippen LogP contribution is 2.19. The van der Waals surface area contributed by atoms with Gasteiger partial charge in [0, 0.05) is 24.3 Å². The summed E-state index contributed by atoms with van der Waals surface area (Å²) in [4.78, 5) is 4.08. The molecule has 1 heterocycles. The van der Waals surface area contributed by atoms with Crippen LogP contribution in [0.5, 0.6) is 5.88 Å². The standard InChI is InChI=1S/C9H15N3O/c1-2-13-9-7(8(11)6-10)4-3-5-12-9/h3-5,8H,2,6,10-11H2,1H3. The minimum atomic E-state index is -0.199. The monoisotopic (exact) mass is 181 g/mol. The van der Waals surface area contributed by atoms with Crippen molar-refractivity contribution in [2.45, 2.75) is 13.0 Å². The molecule has 0 fully saturated rings. The maximum absolute atomic E-state index is 5.78. The molecule has 1 unspecified atom stereocenters. The molecule has 4 heteroatoms. The van der Waals surface area contributed by atoms with E-state index in [-0.39, 0.29) is 6.04 Å². The Hall–Kier alpha value is -1.13. The molecule has 1 aromatic rings. The fourth-order valence-electron chi connectivity index (χ4n) is 1.07. The van der Waals surface area contributed by atoms with E-state index < -0.39 is 0 Å². The Morgan fingerprint density at radius 2 is 2.38 bits per heavy atom. The van der Waals surface area contributed by atoms with Crippen LogP contribution in [0, 0.1) is 0 Å². The van der Waals surface area contributed by atoms with Crippen molar-refractivity contribution >= 4 is 0 Å². The van der Waals surface area contributed by atoms with Gasteiger partial charge in [0.1, 0.15) is 0 Å². The van der Waals surface area contributed by atoms with Crippen LogP contribution in [-0.2, 0) is 0 Å². The highest BCUT2D eigenvalue weighted by atomic mass is 16.5. The molecule has 13 heavy (non-hydrogen) atoms. The molecule has 0 saturated carbocycles. The van der Waals surface area contributed by atoms with E-state index in [4.69, 9.17) is 16.2 Å². The first kappa shape index (κ1) is 9.95. The Morgan fingerprint density at radius 3 is 3.00 bits per heavy atom. The molecule has 1 aromatic heterocycles. The van der Waals surface area contributed by atoms with E-state index in [9.17, 15) is 0 Å². The summed E-state index contributed by atoms with van der Waals surface area (Å²) in [6, 6.07) is 3.51. The number of pyridine rings is 1. The lowest BCUT2D eigenvalue weighted by Gasteiger charge is -2.12. The molecule has 4 nitrogen and oxygen atoms in total. The summed E-state index contributed by atoms with van der Waals surface area (Å²) < 4.78 is 5.31. The van der Waals surface area contributed by atoms with Crippen LogP contribution in [0.15, 0.2) is 18.3 Å². The van der Waals surface area contributed by atoms with E-state index in [0.29, 0.717) is 19.0 Å². The summed E-state index contributed by atoms with van der Waals surface area (Å²) >= 11 is 0. The molecule has 4 N–H and O–H groups in total. The summed E-state index contributed by atoms with van der Waals surface area (Å²) in [7, 11) is 0. The number of rotatable bonds is 4. The molecular formula is C9H15N3O. The van der Waals surface area contributed by atoms with Crippen molar-refractivity contribution in [1.82, 2.24) is 4.98 Å². The lowest BCUT2D eigenvalue weighted by Crippen LogP contribution is -2.21. The smallest absolute Gasteiger partial charge is 0.218 e. The van der Waals surface area contributed by atoms with Gasteiger partial charge in [-0.1, -0.05) is 6.07 Å². The highest BCUT2D eigenvalue weighted by Gasteiger charge is 2.10. The van der Waals surface area contributed by atoms with E-state index in [1.54, 1.807) is 6.20 Å². The first-order valence-electron chi connectivity index (χ1n) is 4.33. The molecular weight excluding hydrogens is 166 g/mol. The number of ether oxygens (including phenoxy) is 1. The lowest BCUT2D eigenvalue weighted by molar-refractivity contribution is 0.320. The van der Waals surface area contributed by atoms with E-state index in [1.807, 2.05) is 19.1 Å². The van der Waals surface area contributed by atoms with Gasteiger partial charge in [0.2, 0.25) is 5.88 Å². The maximum atomic E-state index is 5.78. The second kappa shape index (κ2) is 4.79. The predicted octanol–water partition coefficient (Wildman–Crippen LogP) is 0.439. The minimum absolute atomic E-state index is 0.199. The largest absolute Gasteiger partial charge is 0.478 e. The van der Waals surface area contributed by atoms with Crippen molar-refractivity contribution in [1.29, 1.82) is 0 Å². The van der Waals surface area contributed by atoms with Crippen LogP contribution >= 0.6 is 0 Å². The zero-order valence-corrected chi connectivity index (χ0v) is 7.73. The molecule has 0 amide bonds. The molecule has 0 aliphatic rings. The van der Waals surface area contributed by atoms with E-state index in [0.717, 1.165) is 5.56 Å². The number of hydrogen-bond donors (Lipinski definition) is 2. The molecule has 0 saturated heterocycles. The van der Waals surface area contributed by atoms with Crippen LogP contribution in [0.1, 0.15) is 18.5 Å². The summed E-state index contributed by atoms with van der Waals surface area (Å²) in [6.45, 7) is 2.89. The molecule has 0 bridgehead atoms. The number of aromatic nitrogens is 1. The van der Waals surface area contributed by atoms with Gasteiger partial charge in [-0.15, -0.1) is 0 Å². The molecule has 0 spiro atoms. The first-order chi connectivity index (χ1) is 6.29. The zero-order chi connectivity index (χ0) is 9.68. The summed E-state index contributed by atoms with van der Waals surface area (Å²) in [5.74, 6) is 0.586. The number of hydrogen-bond acceptors (Lipinski definition) is 4. The van der Waals surface area contributed by atoms with Gasteiger partial charge < -0.3 is 16.2 Å². The second-order valence-electron chi connectivity index (χ2n) is 2.67. The highest BCUT2D eigenvalue weighted by molar-refractivity contribution is 5.28. The topological polar surface area (TPSA) is 74.2 Å². The van der Waals surface area contributed by atoms with E-state index in [2.05, 4.69) is 4.98 Å². The fourth-order valence-corrected chi connectivity index (χ4v) is 1.07. The third-order valence-electron chi connectivity index (χ3n) is 1.74. The van der Waals surface area contributed by atoms with Crippen molar-refractivity contribution in [3.8, 4) is 5.88 Å². The first-order valence-corrected chi connectivity index (χ1v) is 4.33. The molecule has 0 aliphatic carbocycles. The van der Waals surface area contributed by atoms with Crippen LogP contribution in [0.3, 0.4) is 0 Å². The van der Waals surface area contributed by atoms with E-state index >= 15 is 0 Å². The van der Waals surface area contributed by atoms with Crippen LogP contribution in [-0.4, -0.2) is 18.1 Å². The van der Waals surface area contributed by atoms with Crippen molar-refractivity contribution < 1.29 is 4.74 Å². The van der Waals surface area contributed by atoms with Gasteiger partial charge in [-0.25, -0.2) is 4.98 Å². The molecule has 72 valence electrons. The predicted molar refractivity (Wildman–Crippen MR) is 51.4 cm³/mol. The Bertz CT molecular complexity index is 265. The van der Waals surface area contributed by atoms with Crippen LogP contribution in [0.25, 0.3) is 0 Å². The third-order valence-corrected chi connectivity index (χ3v) is 1.74. The number of nitrogens with two attached hydrogens (primary N) is 2. The molecule has 1 rings (SSSR count). The Labute approximate surface area is 77.9 Å². The van der Waals surface area contributed by atoms with Crippen molar-refractivity contribution in [2.24, 2.45) is 11.5 Å².